The normalized spacial score (nSPS) is 13.4. The van der Waals surface area contributed by atoms with Gasteiger partial charge in [0.2, 0.25) is 0 Å². The van der Waals surface area contributed by atoms with Gasteiger partial charge in [0.15, 0.2) is 6.10 Å². The fourth-order valence-electron chi connectivity index (χ4n) is 2.58. The standard InChI is InChI=1S/C20H33NO2/c1-6-9-10-17(7-2)14-21-20(22)19(8-3)23-18-12-11-15(4)16(5)13-18/h11-13,17,19H,6-10,14H2,1-5H3,(H,21,22)/t17-,19+/m0/s1. The molecule has 1 aromatic rings. The van der Waals surface area contributed by atoms with Crippen molar-refractivity contribution in [2.75, 3.05) is 6.54 Å². The van der Waals surface area contributed by atoms with Gasteiger partial charge in [-0.2, -0.15) is 0 Å². The Kier molecular flexibility index (Phi) is 8.75. The molecule has 2 atom stereocenters. The SMILES string of the molecule is CCCC[C@H](CC)CNC(=O)[C@@H](CC)Oc1ccc(C)c(C)c1. The Morgan fingerprint density at radius 3 is 2.43 bits per heavy atom. The molecule has 0 unspecified atom stereocenters. The number of hydrogen-bond donors (Lipinski definition) is 1. The highest BCUT2D eigenvalue weighted by Gasteiger charge is 2.19. The van der Waals surface area contributed by atoms with Crippen molar-refractivity contribution in [3.8, 4) is 5.75 Å². The molecule has 1 aromatic carbocycles. The minimum absolute atomic E-state index is 0.000626. The molecule has 0 bridgehead atoms. The van der Waals surface area contributed by atoms with Crippen LogP contribution in [-0.4, -0.2) is 18.6 Å². The van der Waals surface area contributed by atoms with Crippen molar-refractivity contribution < 1.29 is 9.53 Å². The second-order valence-corrected chi connectivity index (χ2v) is 6.42. The topological polar surface area (TPSA) is 38.3 Å². The maximum atomic E-state index is 12.4. The monoisotopic (exact) mass is 319 g/mol. The summed E-state index contributed by atoms with van der Waals surface area (Å²) in [5, 5.41) is 3.08. The highest BCUT2D eigenvalue weighted by atomic mass is 16.5. The van der Waals surface area contributed by atoms with E-state index >= 15 is 0 Å². The number of ether oxygens (including phenoxy) is 1. The van der Waals surface area contributed by atoms with Crippen molar-refractivity contribution in [3.05, 3.63) is 29.3 Å². The van der Waals surface area contributed by atoms with Crippen LogP contribution in [0.3, 0.4) is 0 Å². The highest BCUT2D eigenvalue weighted by molar-refractivity contribution is 5.81. The van der Waals surface area contributed by atoms with Gasteiger partial charge in [0.1, 0.15) is 5.75 Å². The molecular weight excluding hydrogens is 286 g/mol. The zero-order valence-corrected chi connectivity index (χ0v) is 15.4. The minimum atomic E-state index is -0.416. The third kappa shape index (κ3) is 6.64. The lowest BCUT2D eigenvalue weighted by Crippen LogP contribution is -2.40. The Morgan fingerprint density at radius 2 is 1.87 bits per heavy atom. The van der Waals surface area contributed by atoms with Gasteiger partial charge >= 0.3 is 0 Å². The fraction of sp³-hybridized carbons (Fsp3) is 0.650. The summed E-state index contributed by atoms with van der Waals surface area (Å²) < 4.78 is 5.90. The quantitative estimate of drug-likeness (QED) is 0.673. The van der Waals surface area contributed by atoms with Crippen LogP contribution in [0.5, 0.6) is 5.75 Å². The van der Waals surface area contributed by atoms with Gasteiger partial charge in [-0.05, 0) is 55.9 Å². The van der Waals surface area contributed by atoms with E-state index in [9.17, 15) is 4.79 Å². The molecule has 0 aliphatic heterocycles. The number of amides is 1. The van der Waals surface area contributed by atoms with Crippen molar-refractivity contribution >= 4 is 5.91 Å². The van der Waals surface area contributed by atoms with Gasteiger partial charge in [-0.1, -0.05) is 46.1 Å². The Balaban J connectivity index is 2.55. The summed E-state index contributed by atoms with van der Waals surface area (Å²) in [7, 11) is 0. The zero-order chi connectivity index (χ0) is 17.2. The van der Waals surface area contributed by atoms with Crippen LogP contribution < -0.4 is 10.1 Å². The smallest absolute Gasteiger partial charge is 0.261 e. The van der Waals surface area contributed by atoms with Gasteiger partial charge in [-0.25, -0.2) is 0 Å². The summed E-state index contributed by atoms with van der Waals surface area (Å²) in [4.78, 5) is 12.4. The highest BCUT2D eigenvalue weighted by Crippen LogP contribution is 2.19. The molecule has 0 saturated heterocycles. The number of aryl methyl sites for hydroxylation is 2. The van der Waals surface area contributed by atoms with Gasteiger partial charge in [0.25, 0.3) is 5.91 Å². The van der Waals surface area contributed by atoms with Gasteiger partial charge < -0.3 is 10.1 Å². The van der Waals surface area contributed by atoms with E-state index in [1.165, 1.54) is 30.4 Å². The maximum absolute atomic E-state index is 12.4. The van der Waals surface area contributed by atoms with Crippen LogP contribution in [0.25, 0.3) is 0 Å². The minimum Gasteiger partial charge on any atom is -0.481 e. The molecule has 0 aromatic heterocycles. The van der Waals surface area contributed by atoms with Crippen LogP contribution in [0.2, 0.25) is 0 Å². The molecule has 130 valence electrons. The largest absolute Gasteiger partial charge is 0.481 e. The molecule has 3 nitrogen and oxygen atoms in total. The molecule has 0 saturated carbocycles. The number of rotatable bonds is 10. The molecule has 0 aliphatic rings. The van der Waals surface area contributed by atoms with Gasteiger partial charge in [-0.15, -0.1) is 0 Å². The van der Waals surface area contributed by atoms with E-state index in [0.29, 0.717) is 12.3 Å². The Hall–Kier alpha value is -1.51. The number of hydrogen-bond acceptors (Lipinski definition) is 2. The molecule has 0 fully saturated rings. The van der Waals surface area contributed by atoms with Crippen molar-refractivity contribution in [2.45, 2.75) is 72.8 Å². The first-order chi connectivity index (χ1) is 11.0. The van der Waals surface area contributed by atoms with E-state index in [1.54, 1.807) is 0 Å². The molecule has 1 amide bonds. The van der Waals surface area contributed by atoms with Gasteiger partial charge in [-0.3, -0.25) is 4.79 Å². The zero-order valence-electron chi connectivity index (χ0n) is 15.4. The third-order valence-electron chi connectivity index (χ3n) is 4.53. The first-order valence-electron chi connectivity index (χ1n) is 9.03. The first-order valence-corrected chi connectivity index (χ1v) is 9.03. The molecule has 1 rings (SSSR count). The van der Waals surface area contributed by atoms with E-state index in [4.69, 9.17) is 4.74 Å². The summed E-state index contributed by atoms with van der Waals surface area (Å²) >= 11 is 0. The van der Waals surface area contributed by atoms with Crippen LogP contribution in [0.15, 0.2) is 18.2 Å². The van der Waals surface area contributed by atoms with Crippen LogP contribution in [-0.2, 0) is 4.79 Å². The Morgan fingerprint density at radius 1 is 1.13 bits per heavy atom. The van der Waals surface area contributed by atoms with Crippen molar-refractivity contribution in [1.29, 1.82) is 0 Å². The number of nitrogens with one attached hydrogen (secondary N) is 1. The van der Waals surface area contributed by atoms with E-state index in [-0.39, 0.29) is 5.91 Å². The van der Waals surface area contributed by atoms with Crippen LogP contribution >= 0.6 is 0 Å². The first kappa shape index (κ1) is 19.5. The maximum Gasteiger partial charge on any atom is 0.261 e. The fourth-order valence-corrected chi connectivity index (χ4v) is 2.58. The van der Waals surface area contributed by atoms with Crippen LogP contribution in [0.1, 0.15) is 64.0 Å². The molecule has 0 aliphatic carbocycles. The molecule has 0 radical (unpaired) electrons. The van der Waals surface area contributed by atoms with E-state index in [2.05, 4.69) is 33.0 Å². The number of carbonyl (C=O) groups is 1. The van der Waals surface area contributed by atoms with E-state index < -0.39 is 6.10 Å². The molecule has 3 heteroatoms. The Labute approximate surface area is 141 Å². The number of unbranched alkanes of at least 4 members (excludes halogenated alkanes) is 1. The second kappa shape index (κ2) is 10.3. The molecule has 23 heavy (non-hydrogen) atoms. The summed E-state index contributed by atoms with van der Waals surface area (Å²) in [6.45, 7) is 11.3. The summed E-state index contributed by atoms with van der Waals surface area (Å²) in [6.07, 6.45) is 4.98. The van der Waals surface area contributed by atoms with Crippen LogP contribution in [0.4, 0.5) is 0 Å². The lowest BCUT2D eigenvalue weighted by Gasteiger charge is -2.20. The average molecular weight is 319 g/mol. The van der Waals surface area contributed by atoms with Gasteiger partial charge in [0.05, 0.1) is 0 Å². The van der Waals surface area contributed by atoms with E-state index in [0.717, 1.165) is 18.7 Å². The van der Waals surface area contributed by atoms with Crippen molar-refractivity contribution in [2.24, 2.45) is 5.92 Å². The predicted molar refractivity (Wildman–Crippen MR) is 96.9 cm³/mol. The number of benzene rings is 1. The molecule has 1 N–H and O–H groups in total. The lowest BCUT2D eigenvalue weighted by atomic mass is 9.99. The summed E-state index contributed by atoms with van der Waals surface area (Å²) in [5.74, 6) is 1.34. The summed E-state index contributed by atoms with van der Waals surface area (Å²) in [6, 6.07) is 5.98. The van der Waals surface area contributed by atoms with Crippen molar-refractivity contribution in [3.63, 3.8) is 0 Å². The molecule has 0 spiro atoms. The number of carbonyl (C=O) groups excluding carboxylic acids is 1. The average Bonchev–Trinajstić information content (AvgIpc) is 2.55. The third-order valence-corrected chi connectivity index (χ3v) is 4.53. The molecular formula is C20H33NO2. The Bertz CT molecular complexity index is 485. The second-order valence-electron chi connectivity index (χ2n) is 6.42. The van der Waals surface area contributed by atoms with Crippen molar-refractivity contribution in [1.82, 2.24) is 5.32 Å². The van der Waals surface area contributed by atoms with Gasteiger partial charge in [0, 0.05) is 6.54 Å². The lowest BCUT2D eigenvalue weighted by molar-refractivity contribution is -0.128. The predicted octanol–water partition coefficient (Wildman–Crippen LogP) is 4.79. The van der Waals surface area contributed by atoms with Crippen LogP contribution in [0, 0.1) is 19.8 Å². The molecule has 0 heterocycles. The summed E-state index contributed by atoms with van der Waals surface area (Å²) in [5.41, 5.74) is 2.42. The van der Waals surface area contributed by atoms with E-state index in [1.807, 2.05) is 25.1 Å².